The van der Waals surface area contributed by atoms with Gasteiger partial charge in [-0.15, -0.1) is 0 Å². The molecule has 0 aromatic heterocycles. The van der Waals surface area contributed by atoms with Gasteiger partial charge in [-0.05, 0) is 31.7 Å². The highest BCUT2D eigenvalue weighted by molar-refractivity contribution is 6.31. The fourth-order valence-corrected chi connectivity index (χ4v) is 2.42. The van der Waals surface area contributed by atoms with Gasteiger partial charge in [0.25, 0.3) is 0 Å². The van der Waals surface area contributed by atoms with Crippen molar-refractivity contribution in [3.05, 3.63) is 28.8 Å². The van der Waals surface area contributed by atoms with E-state index >= 15 is 0 Å². The van der Waals surface area contributed by atoms with E-state index in [1.54, 1.807) is 4.90 Å². The third-order valence-electron chi connectivity index (χ3n) is 3.25. The molecule has 2 rings (SSSR count). The summed E-state index contributed by atoms with van der Waals surface area (Å²) in [7, 11) is 1.92. The van der Waals surface area contributed by atoms with Gasteiger partial charge in [0.2, 0.25) is 0 Å². The SMILES string of the molecule is CNCC1CNC(=O)N(c2cccc(Cl)c2C)C1. The van der Waals surface area contributed by atoms with Crippen molar-refractivity contribution in [3.8, 4) is 0 Å². The minimum atomic E-state index is -0.0484. The van der Waals surface area contributed by atoms with Crippen LogP contribution in [0.1, 0.15) is 5.56 Å². The summed E-state index contributed by atoms with van der Waals surface area (Å²) in [5.41, 5.74) is 1.83. The van der Waals surface area contributed by atoms with E-state index in [1.807, 2.05) is 32.2 Å². The van der Waals surface area contributed by atoms with Gasteiger partial charge in [0.05, 0.1) is 0 Å². The molecule has 1 atom stereocenters. The van der Waals surface area contributed by atoms with Crippen molar-refractivity contribution >= 4 is 23.3 Å². The second kappa shape index (κ2) is 5.59. The summed E-state index contributed by atoms with van der Waals surface area (Å²) in [6.45, 7) is 4.26. The van der Waals surface area contributed by atoms with Crippen LogP contribution in [0.5, 0.6) is 0 Å². The smallest absolute Gasteiger partial charge is 0.321 e. The van der Waals surface area contributed by atoms with Gasteiger partial charge in [-0.1, -0.05) is 17.7 Å². The van der Waals surface area contributed by atoms with Gasteiger partial charge in [0.15, 0.2) is 0 Å². The Hall–Kier alpha value is -1.26. The zero-order chi connectivity index (χ0) is 13.1. The molecule has 2 N–H and O–H groups in total. The number of benzene rings is 1. The van der Waals surface area contributed by atoms with Crippen molar-refractivity contribution in [1.29, 1.82) is 0 Å². The molecular formula is C13H18ClN3O. The number of carbonyl (C=O) groups is 1. The summed E-state index contributed by atoms with van der Waals surface area (Å²) in [5.74, 6) is 0.408. The summed E-state index contributed by atoms with van der Waals surface area (Å²) >= 11 is 6.11. The molecule has 1 aliphatic heterocycles. The number of nitrogens with zero attached hydrogens (tertiary/aromatic N) is 1. The maximum absolute atomic E-state index is 12.0. The number of halogens is 1. The molecule has 5 heteroatoms. The van der Waals surface area contributed by atoms with Gasteiger partial charge in [-0.3, -0.25) is 4.90 Å². The molecule has 1 aromatic carbocycles. The molecular weight excluding hydrogens is 250 g/mol. The summed E-state index contributed by atoms with van der Waals surface area (Å²) in [6, 6.07) is 5.60. The van der Waals surface area contributed by atoms with Gasteiger partial charge in [-0.25, -0.2) is 4.79 Å². The summed E-state index contributed by atoms with van der Waals surface area (Å²) in [4.78, 5) is 13.7. The third kappa shape index (κ3) is 2.60. The molecule has 18 heavy (non-hydrogen) atoms. The first-order chi connectivity index (χ1) is 8.63. The van der Waals surface area contributed by atoms with Crippen LogP contribution in [-0.4, -0.2) is 32.7 Å². The Morgan fingerprint density at radius 3 is 3.06 bits per heavy atom. The largest absolute Gasteiger partial charge is 0.337 e. The van der Waals surface area contributed by atoms with Crippen LogP contribution >= 0.6 is 11.6 Å². The molecule has 1 heterocycles. The van der Waals surface area contributed by atoms with E-state index in [0.29, 0.717) is 17.5 Å². The van der Waals surface area contributed by atoms with Crippen molar-refractivity contribution in [1.82, 2.24) is 10.6 Å². The molecule has 1 saturated heterocycles. The molecule has 0 aliphatic carbocycles. The van der Waals surface area contributed by atoms with Crippen molar-refractivity contribution in [2.45, 2.75) is 6.92 Å². The monoisotopic (exact) mass is 267 g/mol. The minimum Gasteiger partial charge on any atom is -0.337 e. The lowest BCUT2D eigenvalue weighted by atomic mass is 10.1. The molecule has 0 spiro atoms. The quantitative estimate of drug-likeness (QED) is 0.880. The minimum absolute atomic E-state index is 0.0484. The third-order valence-corrected chi connectivity index (χ3v) is 3.66. The molecule has 1 aromatic rings. The van der Waals surface area contributed by atoms with Crippen molar-refractivity contribution in [2.24, 2.45) is 5.92 Å². The highest BCUT2D eigenvalue weighted by Gasteiger charge is 2.27. The van der Waals surface area contributed by atoms with E-state index in [1.165, 1.54) is 0 Å². The van der Waals surface area contributed by atoms with Gasteiger partial charge < -0.3 is 10.6 Å². The maximum Gasteiger partial charge on any atom is 0.321 e. The van der Waals surface area contributed by atoms with E-state index in [4.69, 9.17) is 11.6 Å². The van der Waals surface area contributed by atoms with Crippen LogP contribution in [-0.2, 0) is 0 Å². The van der Waals surface area contributed by atoms with Crippen LogP contribution in [0.15, 0.2) is 18.2 Å². The first-order valence-corrected chi connectivity index (χ1v) is 6.46. The van der Waals surface area contributed by atoms with E-state index in [9.17, 15) is 4.79 Å². The van der Waals surface area contributed by atoms with Crippen molar-refractivity contribution < 1.29 is 4.79 Å². The zero-order valence-electron chi connectivity index (χ0n) is 10.7. The van der Waals surface area contributed by atoms with Gasteiger partial charge >= 0.3 is 6.03 Å². The Bertz CT molecular complexity index is 450. The van der Waals surface area contributed by atoms with E-state index < -0.39 is 0 Å². The van der Waals surface area contributed by atoms with Crippen LogP contribution in [0.25, 0.3) is 0 Å². The number of hydrogen-bond donors (Lipinski definition) is 2. The number of nitrogens with one attached hydrogen (secondary N) is 2. The van der Waals surface area contributed by atoms with Crippen LogP contribution in [0.3, 0.4) is 0 Å². The number of rotatable bonds is 3. The number of hydrogen-bond acceptors (Lipinski definition) is 2. The number of urea groups is 1. The Labute approximate surface area is 112 Å². The molecule has 0 bridgehead atoms. The normalized spacial score (nSPS) is 19.8. The highest BCUT2D eigenvalue weighted by Crippen LogP contribution is 2.28. The molecule has 2 amide bonds. The van der Waals surface area contributed by atoms with Gasteiger partial charge in [0.1, 0.15) is 0 Å². The number of anilines is 1. The first-order valence-electron chi connectivity index (χ1n) is 6.08. The summed E-state index contributed by atoms with van der Waals surface area (Å²) < 4.78 is 0. The molecule has 1 fully saturated rings. The second-order valence-corrected chi connectivity index (χ2v) is 5.01. The summed E-state index contributed by atoms with van der Waals surface area (Å²) in [5, 5.41) is 6.75. The molecule has 0 radical (unpaired) electrons. The Morgan fingerprint density at radius 2 is 2.33 bits per heavy atom. The number of amides is 2. The molecule has 0 saturated carbocycles. The van der Waals surface area contributed by atoms with Gasteiger partial charge in [-0.2, -0.15) is 0 Å². The van der Waals surface area contributed by atoms with Crippen LogP contribution in [0.4, 0.5) is 10.5 Å². The average Bonchev–Trinajstić information content (AvgIpc) is 2.36. The molecule has 1 aliphatic rings. The zero-order valence-corrected chi connectivity index (χ0v) is 11.4. The van der Waals surface area contributed by atoms with Crippen LogP contribution < -0.4 is 15.5 Å². The fourth-order valence-electron chi connectivity index (χ4n) is 2.25. The van der Waals surface area contributed by atoms with Crippen LogP contribution in [0, 0.1) is 12.8 Å². The van der Waals surface area contributed by atoms with Crippen LogP contribution in [0.2, 0.25) is 5.02 Å². The maximum atomic E-state index is 12.0. The van der Waals surface area contributed by atoms with Crippen molar-refractivity contribution in [2.75, 3.05) is 31.6 Å². The second-order valence-electron chi connectivity index (χ2n) is 4.60. The first kappa shape index (κ1) is 13.2. The standard InChI is InChI=1S/C13H18ClN3O/c1-9-11(14)4-3-5-12(9)17-8-10(6-15-2)7-16-13(17)18/h3-5,10,15H,6-8H2,1-2H3,(H,16,18). The van der Waals surface area contributed by atoms with E-state index in [2.05, 4.69) is 10.6 Å². The van der Waals surface area contributed by atoms with Gasteiger partial charge in [0, 0.05) is 36.3 Å². The lowest BCUT2D eigenvalue weighted by Crippen LogP contribution is -2.53. The Balaban J connectivity index is 2.24. The molecule has 98 valence electrons. The molecule has 4 nitrogen and oxygen atoms in total. The fraction of sp³-hybridized carbons (Fsp3) is 0.462. The lowest BCUT2D eigenvalue weighted by molar-refractivity contribution is 0.236. The lowest BCUT2D eigenvalue weighted by Gasteiger charge is -2.34. The predicted molar refractivity (Wildman–Crippen MR) is 74.4 cm³/mol. The van der Waals surface area contributed by atoms with E-state index in [-0.39, 0.29) is 6.03 Å². The Kier molecular flexibility index (Phi) is 4.09. The predicted octanol–water partition coefficient (Wildman–Crippen LogP) is 2.01. The van der Waals surface area contributed by atoms with Crippen molar-refractivity contribution in [3.63, 3.8) is 0 Å². The Morgan fingerprint density at radius 1 is 1.56 bits per heavy atom. The topological polar surface area (TPSA) is 44.4 Å². The average molecular weight is 268 g/mol. The highest BCUT2D eigenvalue weighted by atomic mass is 35.5. The van der Waals surface area contributed by atoms with E-state index in [0.717, 1.165) is 24.3 Å². The number of carbonyl (C=O) groups excluding carboxylic acids is 1. The molecule has 1 unspecified atom stereocenters. The summed E-state index contributed by atoms with van der Waals surface area (Å²) in [6.07, 6.45) is 0.